The van der Waals surface area contributed by atoms with Crippen LogP contribution in [0.15, 0.2) is 42.5 Å². The number of nitriles is 1. The molecule has 1 fully saturated rings. The smallest absolute Gasteiger partial charge is 0.166 e. The zero-order valence-corrected chi connectivity index (χ0v) is 13.1. The van der Waals surface area contributed by atoms with Crippen LogP contribution in [-0.4, -0.2) is 19.5 Å². The molecule has 3 nitrogen and oxygen atoms in total. The summed E-state index contributed by atoms with van der Waals surface area (Å²) < 4.78 is 11.7. The van der Waals surface area contributed by atoms with E-state index in [4.69, 9.17) is 14.7 Å². The maximum Gasteiger partial charge on any atom is 0.166 e. The third-order valence-electron chi connectivity index (χ3n) is 4.36. The van der Waals surface area contributed by atoms with Gasteiger partial charge in [-0.25, -0.2) is 0 Å². The molecule has 1 atom stereocenters. The summed E-state index contributed by atoms with van der Waals surface area (Å²) in [6, 6.07) is 9.84. The molecule has 0 saturated carbocycles. The van der Waals surface area contributed by atoms with Crippen LogP contribution in [0.4, 0.5) is 0 Å². The average Bonchev–Trinajstić information content (AvgIpc) is 2.56. The van der Waals surface area contributed by atoms with Crippen molar-refractivity contribution in [2.24, 2.45) is 11.3 Å². The average molecular weight is 295 g/mol. The van der Waals surface area contributed by atoms with Gasteiger partial charge in [0.05, 0.1) is 24.8 Å². The standard InChI is InChI=1S/C19H21NO2/c1-14-12-21-18(22-13-14)19(2)9-7-17(8-10-19)16-5-3-15(11-20)4-6-16/h3-9,14,18H,10,12-13H2,1-2H3. The van der Waals surface area contributed by atoms with Crippen molar-refractivity contribution in [1.29, 1.82) is 5.26 Å². The van der Waals surface area contributed by atoms with Crippen molar-refractivity contribution >= 4 is 5.57 Å². The van der Waals surface area contributed by atoms with E-state index in [9.17, 15) is 0 Å². The lowest BCUT2D eigenvalue weighted by Crippen LogP contribution is -2.41. The zero-order valence-electron chi connectivity index (χ0n) is 13.1. The molecule has 3 rings (SSSR count). The van der Waals surface area contributed by atoms with Crippen LogP contribution in [0.3, 0.4) is 0 Å². The second-order valence-corrected chi connectivity index (χ2v) is 6.50. The minimum atomic E-state index is -0.168. The van der Waals surface area contributed by atoms with Crippen molar-refractivity contribution in [3.8, 4) is 6.07 Å². The van der Waals surface area contributed by atoms with Crippen LogP contribution in [0.5, 0.6) is 0 Å². The number of hydrogen-bond donors (Lipinski definition) is 0. The molecule has 0 spiro atoms. The summed E-state index contributed by atoms with van der Waals surface area (Å²) in [4.78, 5) is 0. The van der Waals surface area contributed by atoms with Crippen LogP contribution in [-0.2, 0) is 9.47 Å². The van der Waals surface area contributed by atoms with E-state index in [1.165, 1.54) is 5.57 Å². The molecule has 1 saturated heterocycles. The van der Waals surface area contributed by atoms with E-state index in [2.05, 4.69) is 38.1 Å². The lowest BCUT2D eigenvalue weighted by molar-refractivity contribution is -0.236. The molecule has 0 amide bonds. The molecule has 3 heteroatoms. The second kappa shape index (κ2) is 6.08. The van der Waals surface area contributed by atoms with E-state index in [0.29, 0.717) is 11.5 Å². The highest BCUT2D eigenvalue weighted by Crippen LogP contribution is 2.38. The van der Waals surface area contributed by atoms with Gasteiger partial charge in [0.25, 0.3) is 0 Å². The highest BCUT2D eigenvalue weighted by Gasteiger charge is 2.37. The van der Waals surface area contributed by atoms with E-state index < -0.39 is 0 Å². The van der Waals surface area contributed by atoms with Crippen molar-refractivity contribution in [3.05, 3.63) is 53.6 Å². The Kier molecular flexibility index (Phi) is 4.15. The van der Waals surface area contributed by atoms with Gasteiger partial charge in [-0.2, -0.15) is 5.26 Å². The molecule has 1 aromatic carbocycles. The molecule has 22 heavy (non-hydrogen) atoms. The first-order valence-corrected chi connectivity index (χ1v) is 7.74. The molecule has 0 bridgehead atoms. The van der Waals surface area contributed by atoms with Gasteiger partial charge in [0.15, 0.2) is 6.29 Å². The van der Waals surface area contributed by atoms with Crippen LogP contribution in [0, 0.1) is 22.7 Å². The Labute approximate surface area is 131 Å². The fraction of sp³-hybridized carbons (Fsp3) is 0.421. The number of hydrogen-bond acceptors (Lipinski definition) is 3. The Bertz CT molecular complexity index is 630. The van der Waals surface area contributed by atoms with Gasteiger partial charge < -0.3 is 9.47 Å². The fourth-order valence-electron chi connectivity index (χ4n) is 2.85. The highest BCUT2D eigenvalue weighted by atomic mass is 16.7. The first kappa shape index (κ1) is 15.0. The zero-order chi connectivity index (χ0) is 15.6. The molecule has 1 aliphatic heterocycles. The lowest BCUT2D eigenvalue weighted by Gasteiger charge is -2.39. The summed E-state index contributed by atoms with van der Waals surface area (Å²) in [7, 11) is 0. The number of benzene rings is 1. The Balaban J connectivity index is 1.71. The molecule has 0 radical (unpaired) electrons. The number of allylic oxidation sites excluding steroid dienone is 3. The summed E-state index contributed by atoms with van der Waals surface area (Å²) in [6.45, 7) is 5.84. The summed E-state index contributed by atoms with van der Waals surface area (Å²) in [6.07, 6.45) is 7.28. The molecule has 1 aromatic rings. The minimum Gasteiger partial charge on any atom is -0.351 e. The Morgan fingerprint density at radius 2 is 1.86 bits per heavy atom. The van der Waals surface area contributed by atoms with Gasteiger partial charge in [-0.1, -0.05) is 44.2 Å². The van der Waals surface area contributed by atoms with Gasteiger partial charge >= 0.3 is 0 Å². The highest BCUT2D eigenvalue weighted by molar-refractivity contribution is 5.75. The quantitative estimate of drug-likeness (QED) is 0.830. The summed E-state index contributed by atoms with van der Waals surface area (Å²) in [5.74, 6) is 0.470. The SMILES string of the molecule is CC1COC(C2(C)C=CC(c3ccc(C#N)cc3)=CC2)OC1. The predicted molar refractivity (Wildman–Crippen MR) is 85.9 cm³/mol. The Morgan fingerprint density at radius 1 is 1.18 bits per heavy atom. The largest absolute Gasteiger partial charge is 0.351 e. The maximum atomic E-state index is 8.86. The monoisotopic (exact) mass is 295 g/mol. The summed E-state index contributed by atoms with van der Waals surface area (Å²) in [5.41, 5.74) is 2.89. The summed E-state index contributed by atoms with van der Waals surface area (Å²) >= 11 is 0. The number of ether oxygens (including phenoxy) is 2. The van der Waals surface area contributed by atoms with Crippen molar-refractivity contribution in [2.45, 2.75) is 26.6 Å². The van der Waals surface area contributed by atoms with Crippen molar-refractivity contribution in [2.75, 3.05) is 13.2 Å². The molecule has 1 aliphatic carbocycles. The second-order valence-electron chi connectivity index (χ2n) is 6.50. The molecule has 0 N–H and O–H groups in total. The van der Waals surface area contributed by atoms with Gasteiger partial charge in [0.2, 0.25) is 0 Å². The fourth-order valence-corrected chi connectivity index (χ4v) is 2.85. The van der Waals surface area contributed by atoms with Gasteiger partial charge in [0, 0.05) is 11.3 Å². The molecule has 1 unspecified atom stereocenters. The van der Waals surface area contributed by atoms with E-state index in [-0.39, 0.29) is 11.7 Å². The Hall–Kier alpha value is -1.89. The van der Waals surface area contributed by atoms with Crippen molar-refractivity contribution in [3.63, 3.8) is 0 Å². The van der Waals surface area contributed by atoms with E-state index in [0.717, 1.165) is 25.2 Å². The van der Waals surface area contributed by atoms with Gasteiger partial charge in [0.1, 0.15) is 0 Å². The van der Waals surface area contributed by atoms with Crippen LogP contribution < -0.4 is 0 Å². The summed E-state index contributed by atoms with van der Waals surface area (Å²) in [5, 5.41) is 8.86. The third-order valence-corrected chi connectivity index (χ3v) is 4.36. The van der Waals surface area contributed by atoms with Crippen molar-refractivity contribution < 1.29 is 9.47 Å². The van der Waals surface area contributed by atoms with Gasteiger partial charge in [-0.15, -0.1) is 0 Å². The predicted octanol–water partition coefficient (Wildman–Crippen LogP) is 3.92. The molecule has 1 heterocycles. The number of nitrogens with zero attached hydrogens (tertiary/aromatic N) is 1. The first-order valence-electron chi connectivity index (χ1n) is 7.74. The van der Waals surface area contributed by atoms with E-state index in [1.807, 2.05) is 24.3 Å². The van der Waals surface area contributed by atoms with Crippen LogP contribution in [0.25, 0.3) is 5.57 Å². The maximum absolute atomic E-state index is 8.86. The van der Waals surface area contributed by atoms with Crippen LogP contribution in [0.1, 0.15) is 31.4 Å². The van der Waals surface area contributed by atoms with Crippen molar-refractivity contribution in [1.82, 2.24) is 0 Å². The molecule has 2 aliphatic rings. The van der Waals surface area contributed by atoms with Crippen LogP contribution >= 0.6 is 0 Å². The third kappa shape index (κ3) is 2.99. The molecular weight excluding hydrogens is 274 g/mol. The molecular formula is C19H21NO2. The molecule has 114 valence electrons. The van der Waals surface area contributed by atoms with Gasteiger partial charge in [-0.3, -0.25) is 0 Å². The topological polar surface area (TPSA) is 42.2 Å². The van der Waals surface area contributed by atoms with E-state index in [1.54, 1.807) is 0 Å². The Morgan fingerprint density at radius 3 is 2.41 bits per heavy atom. The first-order chi connectivity index (χ1) is 10.6. The van der Waals surface area contributed by atoms with E-state index >= 15 is 0 Å². The molecule has 0 aromatic heterocycles. The van der Waals surface area contributed by atoms with Crippen LogP contribution in [0.2, 0.25) is 0 Å². The normalized spacial score (nSPS) is 31.4. The minimum absolute atomic E-state index is 0.115. The lowest BCUT2D eigenvalue weighted by atomic mass is 9.79. The van der Waals surface area contributed by atoms with Gasteiger partial charge in [-0.05, 0) is 29.7 Å². The number of rotatable bonds is 2.